The number of nitrogens with two attached hydrogens (primary N) is 1. The number of likely N-dealkylation sites (tertiary alicyclic amines) is 1. The highest BCUT2D eigenvalue weighted by Crippen LogP contribution is 2.38. The van der Waals surface area contributed by atoms with E-state index in [4.69, 9.17) is 15.2 Å². The largest absolute Gasteiger partial charge is 0.497 e. The molecule has 1 atom stereocenters. The van der Waals surface area contributed by atoms with Crippen LogP contribution in [0.2, 0.25) is 0 Å². The summed E-state index contributed by atoms with van der Waals surface area (Å²) in [5.41, 5.74) is 5.47. The number of carbonyl (C=O) groups is 1. The Morgan fingerprint density at radius 3 is 2.70 bits per heavy atom. The van der Waals surface area contributed by atoms with Gasteiger partial charge in [0.25, 0.3) is 5.56 Å². The third-order valence-electron chi connectivity index (χ3n) is 5.47. The summed E-state index contributed by atoms with van der Waals surface area (Å²) in [6.45, 7) is 2.93. The summed E-state index contributed by atoms with van der Waals surface area (Å²) in [5, 5.41) is 0. The van der Waals surface area contributed by atoms with Gasteiger partial charge in [-0.15, -0.1) is 0 Å². The number of aromatic amines is 1. The molecule has 2 aromatic rings. The van der Waals surface area contributed by atoms with Crippen molar-refractivity contribution in [3.8, 4) is 11.5 Å². The van der Waals surface area contributed by atoms with Gasteiger partial charge in [0, 0.05) is 18.2 Å². The number of ether oxygens (including phenoxy) is 2. The Morgan fingerprint density at radius 2 is 2.03 bits per heavy atom. The van der Waals surface area contributed by atoms with Gasteiger partial charge < -0.3 is 15.2 Å². The standard InChI is InChI=1S/C21H28N4O5/c1-4-9-25-19(22)18(20(27)23-21(25)28)16(26)12-24-10-5-6-15(24)14-11-13(29-2)7-8-17(14)30-3/h7-8,11,15H,4-6,9-10,12,22H2,1-3H3,(H,23,27,28)/t15-/m1/s1. The van der Waals surface area contributed by atoms with E-state index in [1.165, 1.54) is 4.57 Å². The van der Waals surface area contributed by atoms with Crippen LogP contribution in [0.3, 0.4) is 0 Å². The Bertz CT molecular complexity index is 1040. The molecule has 9 heteroatoms. The van der Waals surface area contributed by atoms with Crippen molar-refractivity contribution in [1.82, 2.24) is 14.5 Å². The van der Waals surface area contributed by atoms with Crippen LogP contribution in [-0.4, -0.2) is 47.5 Å². The number of rotatable bonds is 8. The molecule has 0 unspecified atom stereocenters. The van der Waals surface area contributed by atoms with Gasteiger partial charge in [-0.1, -0.05) is 6.92 Å². The number of nitrogen functional groups attached to an aromatic ring is 1. The molecular formula is C21H28N4O5. The summed E-state index contributed by atoms with van der Waals surface area (Å²) in [4.78, 5) is 41.6. The van der Waals surface area contributed by atoms with Crippen LogP contribution in [-0.2, 0) is 6.54 Å². The van der Waals surface area contributed by atoms with Gasteiger partial charge in [0.15, 0.2) is 5.78 Å². The molecule has 1 aromatic carbocycles. The zero-order valence-corrected chi connectivity index (χ0v) is 17.6. The lowest BCUT2D eigenvalue weighted by Gasteiger charge is -2.26. The number of H-pyrrole nitrogens is 1. The molecule has 162 valence electrons. The molecule has 0 amide bonds. The molecule has 1 fully saturated rings. The Labute approximate surface area is 174 Å². The minimum absolute atomic E-state index is 0.0165. The number of anilines is 1. The van der Waals surface area contributed by atoms with Gasteiger partial charge in [-0.25, -0.2) is 4.79 Å². The first-order chi connectivity index (χ1) is 14.4. The van der Waals surface area contributed by atoms with Crippen LogP contribution in [0.4, 0.5) is 5.82 Å². The van der Waals surface area contributed by atoms with Crippen LogP contribution in [0, 0.1) is 0 Å². The third kappa shape index (κ3) is 4.11. The number of aromatic nitrogens is 2. The average Bonchev–Trinajstić information content (AvgIpc) is 3.18. The Balaban J connectivity index is 1.92. The van der Waals surface area contributed by atoms with E-state index in [0.717, 1.165) is 18.4 Å². The zero-order chi connectivity index (χ0) is 21.8. The lowest BCUT2D eigenvalue weighted by atomic mass is 10.0. The van der Waals surface area contributed by atoms with E-state index in [1.54, 1.807) is 14.2 Å². The number of nitrogens with zero attached hydrogens (tertiary/aromatic N) is 2. The highest BCUT2D eigenvalue weighted by molar-refractivity contribution is 6.01. The summed E-state index contributed by atoms with van der Waals surface area (Å²) < 4.78 is 12.1. The lowest BCUT2D eigenvalue weighted by Crippen LogP contribution is -2.39. The summed E-state index contributed by atoms with van der Waals surface area (Å²) in [6.07, 6.45) is 2.39. The summed E-state index contributed by atoms with van der Waals surface area (Å²) in [7, 11) is 3.20. The Hall–Kier alpha value is -3.07. The molecule has 3 rings (SSSR count). The topological polar surface area (TPSA) is 120 Å². The fourth-order valence-corrected chi connectivity index (χ4v) is 4.03. The number of methoxy groups -OCH3 is 2. The highest BCUT2D eigenvalue weighted by atomic mass is 16.5. The van der Waals surface area contributed by atoms with Crippen molar-refractivity contribution in [3.63, 3.8) is 0 Å². The minimum Gasteiger partial charge on any atom is -0.497 e. The molecule has 1 aliphatic rings. The zero-order valence-electron chi connectivity index (χ0n) is 17.6. The smallest absolute Gasteiger partial charge is 0.329 e. The van der Waals surface area contributed by atoms with Crippen LogP contribution in [0.15, 0.2) is 27.8 Å². The van der Waals surface area contributed by atoms with E-state index >= 15 is 0 Å². The summed E-state index contributed by atoms with van der Waals surface area (Å²) >= 11 is 0. The normalized spacial score (nSPS) is 16.6. The second kappa shape index (κ2) is 9.17. The minimum atomic E-state index is -0.746. The molecule has 0 radical (unpaired) electrons. The highest BCUT2D eigenvalue weighted by Gasteiger charge is 2.31. The fraction of sp³-hybridized carbons (Fsp3) is 0.476. The van der Waals surface area contributed by atoms with Crippen molar-refractivity contribution in [1.29, 1.82) is 0 Å². The number of hydrogen-bond acceptors (Lipinski definition) is 7. The number of nitrogens with one attached hydrogen (secondary N) is 1. The number of hydrogen-bond donors (Lipinski definition) is 2. The van der Waals surface area contributed by atoms with E-state index in [1.807, 2.05) is 30.0 Å². The molecule has 9 nitrogen and oxygen atoms in total. The van der Waals surface area contributed by atoms with Gasteiger partial charge in [0.1, 0.15) is 22.9 Å². The molecule has 1 aliphatic heterocycles. The maximum Gasteiger partial charge on any atom is 0.329 e. The molecule has 30 heavy (non-hydrogen) atoms. The van der Waals surface area contributed by atoms with Crippen molar-refractivity contribution in [3.05, 3.63) is 50.2 Å². The molecule has 0 bridgehead atoms. The monoisotopic (exact) mass is 416 g/mol. The number of ketones is 1. The van der Waals surface area contributed by atoms with Crippen molar-refractivity contribution < 1.29 is 14.3 Å². The fourth-order valence-electron chi connectivity index (χ4n) is 4.03. The molecular weight excluding hydrogens is 388 g/mol. The van der Waals surface area contributed by atoms with Crippen molar-refractivity contribution in [2.45, 2.75) is 38.8 Å². The first kappa shape index (κ1) is 21.6. The molecule has 0 saturated carbocycles. The first-order valence-corrected chi connectivity index (χ1v) is 10.0. The summed E-state index contributed by atoms with van der Waals surface area (Å²) in [6, 6.07) is 5.52. The van der Waals surface area contributed by atoms with Gasteiger partial charge in [-0.05, 0) is 44.0 Å². The Morgan fingerprint density at radius 1 is 1.27 bits per heavy atom. The Kier molecular flexibility index (Phi) is 6.61. The average molecular weight is 416 g/mol. The van der Waals surface area contributed by atoms with E-state index < -0.39 is 17.0 Å². The molecule has 2 heterocycles. The van der Waals surface area contributed by atoms with Gasteiger partial charge in [0.05, 0.1) is 20.8 Å². The number of Topliss-reactive ketones (excluding diaryl/α,β-unsaturated/α-hetero) is 1. The molecule has 0 spiro atoms. The van der Waals surface area contributed by atoms with E-state index in [9.17, 15) is 14.4 Å². The van der Waals surface area contributed by atoms with Crippen LogP contribution < -0.4 is 26.5 Å². The van der Waals surface area contributed by atoms with Crippen LogP contribution in [0.25, 0.3) is 0 Å². The van der Waals surface area contributed by atoms with Gasteiger partial charge in [-0.3, -0.25) is 24.0 Å². The van der Waals surface area contributed by atoms with Crippen LogP contribution in [0.5, 0.6) is 11.5 Å². The van der Waals surface area contributed by atoms with E-state index in [-0.39, 0.29) is 24.0 Å². The molecule has 1 saturated heterocycles. The maximum absolute atomic E-state index is 13.1. The molecule has 1 aromatic heterocycles. The van der Waals surface area contributed by atoms with Gasteiger partial charge in [0.2, 0.25) is 0 Å². The second-order valence-corrected chi connectivity index (χ2v) is 7.33. The number of benzene rings is 1. The summed E-state index contributed by atoms with van der Waals surface area (Å²) in [5.74, 6) is 0.933. The predicted molar refractivity (Wildman–Crippen MR) is 113 cm³/mol. The van der Waals surface area contributed by atoms with Crippen molar-refractivity contribution in [2.75, 3.05) is 33.0 Å². The van der Waals surface area contributed by atoms with Gasteiger partial charge in [-0.2, -0.15) is 0 Å². The van der Waals surface area contributed by atoms with Crippen molar-refractivity contribution in [2.24, 2.45) is 0 Å². The van der Waals surface area contributed by atoms with E-state index in [2.05, 4.69) is 4.98 Å². The van der Waals surface area contributed by atoms with Crippen LogP contribution in [0.1, 0.15) is 48.1 Å². The second-order valence-electron chi connectivity index (χ2n) is 7.33. The first-order valence-electron chi connectivity index (χ1n) is 10.0. The molecule has 3 N–H and O–H groups in total. The maximum atomic E-state index is 13.1. The molecule has 0 aliphatic carbocycles. The number of carbonyl (C=O) groups excluding carboxylic acids is 1. The SMILES string of the molecule is CCCn1c(N)c(C(=O)CN2CCC[C@@H]2c2cc(OC)ccc2OC)c(=O)[nH]c1=O. The van der Waals surface area contributed by atoms with Crippen LogP contribution >= 0.6 is 0 Å². The van der Waals surface area contributed by atoms with Gasteiger partial charge >= 0.3 is 5.69 Å². The third-order valence-corrected chi connectivity index (χ3v) is 5.47. The van der Waals surface area contributed by atoms with Crippen molar-refractivity contribution >= 4 is 11.6 Å². The predicted octanol–water partition coefficient (Wildman–Crippen LogP) is 1.57. The lowest BCUT2D eigenvalue weighted by molar-refractivity contribution is 0.0919. The van der Waals surface area contributed by atoms with E-state index in [0.29, 0.717) is 31.0 Å². The quantitative estimate of drug-likeness (QED) is 0.627.